The van der Waals surface area contributed by atoms with Gasteiger partial charge in [-0.2, -0.15) is 26.4 Å². The van der Waals surface area contributed by atoms with E-state index in [1.165, 1.54) is 21.9 Å². The smallest absolute Gasteiger partial charge is 0.378 e. The third-order valence-electron chi connectivity index (χ3n) is 7.47. The van der Waals surface area contributed by atoms with Crippen LogP contribution in [-0.4, -0.2) is 47.9 Å². The highest BCUT2D eigenvalue weighted by Crippen LogP contribution is 2.09. The average molecular weight is 515 g/mol. The molecular weight excluding hydrogens is 481 g/mol. The lowest BCUT2D eigenvalue weighted by Gasteiger charge is -2.44. The molecule has 0 bridgehead atoms. The number of morpholine rings is 1. The fourth-order valence-corrected chi connectivity index (χ4v) is 5.60. The Bertz CT molecular complexity index is 1290. The molecule has 0 atom stereocenters. The lowest BCUT2D eigenvalue weighted by molar-refractivity contribution is -0.670. The molecule has 1 aliphatic rings. The summed E-state index contributed by atoms with van der Waals surface area (Å²) in [5.74, 6) is 0. The van der Waals surface area contributed by atoms with Gasteiger partial charge in [0.05, 0.1) is 20.3 Å². The summed E-state index contributed by atoms with van der Waals surface area (Å²) >= 11 is 0. The zero-order valence-corrected chi connectivity index (χ0v) is 22.3. The second kappa shape index (κ2) is 12.4. The number of imidazole rings is 1. The van der Waals surface area contributed by atoms with Crippen molar-refractivity contribution >= 4 is 34.0 Å². The second-order valence-corrected chi connectivity index (χ2v) is 9.88. The molecule has 5 aromatic rings. The van der Waals surface area contributed by atoms with E-state index in [4.69, 9.17) is 4.74 Å². The molecule has 1 saturated heterocycles. The first-order valence-electron chi connectivity index (χ1n) is 13.5. The van der Waals surface area contributed by atoms with Crippen molar-refractivity contribution < 1.29 is 14.1 Å². The van der Waals surface area contributed by atoms with E-state index in [0.717, 1.165) is 0 Å². The zero-order valence-electron chi connectivity index (χ0n) is 22.3. The van der Waals surface area contributed by atoms with Crippen molar-refractivity contribution in [2.75, 3.05) is 26.3 Å². The van der Waals surface area contributed by atoms with Crippen molar-refractivity contribution in [3.63, 3.8) is 0 Å². The fraction of sp³-hybridized carbons (Fsp3) is 0.152. The van der Waals surface area contributed by atoms with Gasteiger partial charge in [0.2, 0.25) is 0 Å². The minimum Gasteiger partial charge on any atom is -0.378 e. The van der Waals surface area contributed by atoms with Crippen LogP contribution in [0, 0.1) is 0 Å². The highest BCUT2D eigenvalue weighted by atomic mass is 16.5. The number of carbonyl (C=O) groups excluding carboxylic acids is 1. The fourth-order valence-electron chi connectivity index (χ4n) is 5.60. The highest BCUT2D eigenvalue weighted by Gasteiger charge is 2.31. The minimum absolute atomic E-state index is 0.0221. The molecule has 6 heteroatoms. The van der Waals surface area contributed by atoms with Crippen LogP contribution in [0.15, 0.2) is 140 Å². The van der Waals surface area contributed by atoms with Crippen LogP contribution in [0.1, 0.15) is 0 Å². The Morgan fingerprint density at radius 3 is 1.38 bits per heavy atom. The number of hydrogen-bond donors (Lipinski definition) is 0. The number of amides is 1. The second-order valence-electron chi connectivity index (χ2n) is 9.88. The Morgan fingerprint density at radius 1 is 0.667 bits per heavy atom. The average Bonchev–Trinajstić information content (AvgIpc) is 3.46. The van der Waals surface area contributed by atoms with E-state index in [9.17, 15) is 4.79 Å². The standard InChI is InChI=1S/C24H20B.C9H14N3O2/c1-5-13-21(14-6-1)25(22-15-7-2-8-16-22,23-17-9-3-10-18-23)24-19-11-4-12-20-24;1-10-2-3-12(8-10)9(13)11-4-6-14-7-5-11/h1-20H;2-3,8H,4-7H2,1H3/q-1;+1. The van der Waals surface area contributed by atoms with Gasteiger partial charge in [-0.15, -0.1) is 0 Å². The van der Waals surface area contributed by atoms with E-state index in [0.29, 0.717) is 26.3 Å². The van der Waals surface area contributed by atoms with Crippen LogP contribution in [0.5, 0.6) is 0 Å². The molecule has 1 aliphatic heterocycles. The maximum atomic E-state index is 11.8. The normalized spacial score (nSPS) is 13.3. The Morgan fingerprint density at radius 2 is 1.05 bits per heavy atom. The molecule has 0 N–H and O–H groups in total. The van der Waals surface area contributed by atoms with Crippen LogP contribution in [0.4, 0.5) is 4.79 Å². The number of nitrogens with zero attached hydrogens (tertiary/aromatic N) is 3. The predicted molar refractivity (Wildman–Crippen MR) is 159 cm³/mol. The van der Waals surface area contributed by atoms with Crippen molar-refractivity contribution in [2.24, 2.45) is 7.05 Å². The van der Waals surface area contributed by atoms with Crippen LogP contribution < -0.4 is 26.4 Å². The third kappa shape index (κ3) is 5.71. The van der Waals surface area contributed by atoms with Gasteiger partial charge in [0.15, 0.2) is 0 Å². The Kier molecular flexibility index (Phi) is 8.34. The van der Waals surface area contributed by atoms with Crippen LogP contribution in [0.25, 0.3) is 0 Å². The lowest BCUT2D eigenvalue weighted by atomic mass is 9.13. The van der Waals surface area contributed by atoms with Gasteiger partial charge in [-0.1, -0.05) is 121 Å². The summed E-state index contributed by atoms with van der Waals surface area (Å²) in [5, 5.41) is 0. The van der Waals surface area contributed by atoms with Crippen molar-refractivity contribution in [3.05, 3.63) is 140 Å². The Balaban J connectivity index is 0.000000186. The number of carbonyl (C=O) groups is 1. The molecule has 0 unspecified atom stereocenters. The molecule has 4 aromatic carbocycles. The van der Waals surface area contributed by atoms with Gasteiger partial charge in [-0.25, -0.2) is 9.36 Å². The molecule has 1 fully saturated rings. The largest absolute Gasteiger partial charge is 0.415 e. The minimum atomic E-state index is -1.22. The summed E-state index contributed by atoms with van der Waals surface area (Å²) in [6, 6.07) is 43.5. The van der Waals surface area contributed by atoms with Gasteiger partial charge < -0.3 is 4.74 Å². The predicted octanol–water partition coefficient (Wildman–Crippen LogP) is 2.68. The van der Waals surface area contributed by atoms with E-state index in [2.05, 4.69) is 121 Å². The third-order valence-corrected chi connectivity index (χ3v) is 7.47. The van der Waals surface area contributed by atoms with E-state index in [1.807, 2.05) is 17.8 Å². The van der Waals surface area contributed by atoms with Crippen LogP contribution in [0.3, 0.4) is 0 Å². The maximum absolute atomic E-state index is 11.8. The summed E-state index contributed by atoms with van der Waals surface area (Å²) in [6.45, 7) is 2.64. The van der Waals surface area contributed by atoms with Gasteiger partial charge >= 0.3 is 6.03 Å². The van der Waals surface area contributed by atoms with Crippen LogP contribution >= 0.6 is 0 Å². The topological polar surface area (TPSA) is 38.3 Å². The van der Waals surface area contributed by atoms with E-state index < -0.39 is 6.15 Å². The Hall–Kier alpha value is -4.42. The number of hydrogen-bond acceptors (Lipinski definition) is 2. The van der Waals surface area contributed by atoms with Gasteiger partial charge in [0.25, 0.3) is 6.33 Å². The Labute approximate surface area is 230 Å². The summed E-state index contributed by atoms with van der Waals surface area (Å²) < 4.78 is 8.62. The first kappa shape index (κ1) is 26.2. The molecule has 6 rings (SSSR count). The number of aryl methyl sites for hydroxylation is 1. The first-order chi connectivity index (χ1) is 19.2. The number of ether oxygens (including phenoxy) is 1. The molecule has 0 radical (unpaired) electrons. The monoisotopic (exact) mass is 515 g/mol. The van der Waals surface area contributed by atoms with Crippen molar-refractivity contribution in [2.45, 2.75) is 0 Å². The maximum Gasteiger partial charge on any atom is 0.415 e. The molecule has 196 valence electrons. The zero-order chi connectivity index (χ0) is 26.9. The molecule has 0 saturated carbocycles. The molecule has 0 spiro atoms. The van der Waals surface area contributed by atoms with Crippen LogP contribution in [0.2, 0.25) is 0 Å². The van der Waals surface area contributed by atoms with E-state index in [-0.39, 0.29) is 6.03 Å². The van der Waals surface area contributed by atoms with Gasteiger partial charge in [0.1, 0.15) is 18.5 Å². The molecule has 1 amide bonds. The van der Waals surface area contributed by atoms with Gasteiger partial charge in [-0.3, -0.25) is 4.90 Å². The quantitative estimate of drug-likeness (QED) is 0.273. The number of rotatable bonds is 4. The molecule has 2 heterocycles. The van der Waals surface area contributed by atoms with Gasteiger partial charge in [0, 0.05) is 13.1 Å². The highest BCUT2D eigenvalue weighted by molar-refractivity contribution is 7.19. The first-order valence-corrected chi connectivity index (χ1v) is 13.5. The SMILES string of the molecule is C[n+]1ccn(C(=O)N2CCOCC2)c1.c1ccc([B-](c2ccccc2)(c2ccccc2)c2ccccc2)cc1. The van der Waals surface area contributed by atoms with E-state index >= 15 is 0 Å². The van der Waals surface area contributed by atoms with Gasteiger partial charge in [-0.05, 0) is 0 Å². The summed E-state index contributed by atoms with van der Waals surface area (Å²) in [6.07, 6.45) is 4.15. The molecule has 39 heavy (non-hydrogen) atoms. The molecule has 1 aromatic heterocycles. The van der Waals surface area contributed by atoms with Crippen molar-refractivity contribution in [3.8, 4) is 0 Å². The summed E-state index contributed by atoms with van der Waals surface area (Å²) in [5.41, 5.74) is 5.36. The number of benzene rings is 4. The number of aromatic nitrogens is 2. The lowest BCUT2D eigenvalue weighted by Crippen LogP contribution is -2.74. The van der Waals surface area contributed by atoms with E-state index in [1.54, 1.807) is 22.0 Å². The summed E-state index contributed by atoms with van der Waals surface area (Å²) in [4.78, 5) is 13.6. The molecular formula is C33H34BN3O2. The van der Waals surface area contributed by atoms with Crippen LogP contribution in [-0.2, 0) is 11.8 Å². The summed E-state index contributed by atoms with van der Waals surface area (Å²) in [7, 11) is 1.89. The van der Waals surface area contributed by atoms with Crippen molar-refractivity contribution in [1.82, 2.24) is 9.47 Å². The molecule has 0 aliphatic carbocycles. The molecule has 5 nitrogen and oxygen atoms in total. The van der Waals surface area contributed by atoms with Crippen molar-refractivity contribution in [1.29, 1.82) is 0 Å².